The standard InChI is InChI=1S/C24H24N4O/c1-15(2)13-29-19-10-8-18(9-11-19)22-20(17-6-4-16(3)5-7-17)12-21-23(25)26-14-27-24(21)28-22/h4-12,14-15H,13H2,1-3H3,(H2,25,26,27,28). The van der Waals surface area contributed by atoms with Crippen molar-refractivity contribution in [2.45, 2.75) is 20.8 Å². The monoisotopic (exact) mass is 384 g/mol. The minimum Gasteiger partial charge on any atom is -0.493 e. The summed E-state index contributed by atoms with van der Waals surface area (Å²) in [6.07, 6.45) is 1.45. The number of hydrogen-bond acceptors (Lipinski definition) is 5. The molecule has 0 unspecified atom stereocenters. The molecule has 0 radical (unpaired) electrons. The molecule has 2 heterocycles. The lowest BCUT2D eigenvalue weighted by Gasteiger charge is -2.13. The first-order valence-electron chi connectivity index (χ1n) is 9.73. The fourth-order valence-corrected chi connectivity index (χ4v) is 3.15. The third kappa shape index (κ3) is 4.04. The third-order valence-corrected chi connectivity index (χ3v) is 4.73. The van der Waals surface area contributed by atoms with Crippen LogP contribution in [-0.4, -0.2) is 21.6 Å². The number of benzene rings is 2. The maximum atomic E-state index is 6.09. The third-order valence-electron chi connectivity index (χ3n) is 4.73. The lowest BCUT2D eigenvalue weighted by Crippen LogP contribution is -2.04. The molecule has 29 heavy (non-hydrogen) atoms. The second-order valence-corrected chi connectivity index (χ2v) is 7.61. The zero-order valence-corrected chi connectivity index (χ0v) is 16.9. The van der Waals surface area contributed by atoms with Crippen molar-refractivity contribution in [1.82, 2.24) is 15.0 Å². The van der Waals surface area contributed by atoms with Crippen LogP contribution in [0.4, 0.5) is 5.82 Å². The van der Waals surface area contributed by atoms with Gasteiger partial charge in [-0.15, -0.1) is 0 Å². The van der Waals surface area contributed by atoms with Gasteiger partial charge < -0.3 is 10.5 Å². The highest BCUT2D eigenvalue weighted by atomic mass is 16.5. The SMILES string of the molecule is Cc1ccc(-c2cc3c(N)ncnc3nc2-c2ccc(OCC(C)C)cc2)cc1. The topological polar surface area (TPSA) is 73.9 Å². The number of anilines is 1. The first-order chi connectivity index (χ1) is 14.0. The molecule has 2 aromatic heterocycles. The molecule has 146 valence electrons. The summed E-state index contributed by atoms with van der Waals surface area (Å²) < 4.78 is 5.81. The van der Waals surface area contributed by atoms with E-state index in [-0.39, 0.29) is 0 Å². The normalized spacial score (nSPS) is 11.2. The molecule has 0 saturated carbocycles. The molecule has 0 atom stereocenters. The molecule has 0 aliphatic carbocycles. The highest BCUT2D eigenvalue weighted by Gasteiger charge is 2.14. The number of pyridine rings is 1. The van der Waals surface area contributed by atoms with Gasteiger partial charge in [0.1, 0.15) is 17.9 Å². The number of ether oxygens (including phenoxy) is 1. The van der Waals surface area contributed by atoms with Gasteiger partial charge in [0.05, 0.1) is 17.7 Å². The van der Waals surface area contributed by atoms with Gasteiger partial charge in [-0.1, -0.05) is 43.7 Å². The van der Waals surface area contributed by atoms with E-state index in [1.165, 1.54) is 11.9 Å². The van der Waals surface area contributed by atoms with Gasteiger partial charge in [-0.3, -0.25) is 0 Å². The van der Waals surface area contributed by atoms with E-state index in [0.717, 1.165) is 33.5 Å². The van der Waals surface area contributed by atoms with Crippen molar-refractivity contribution >= 4 is 16.9 Å². The molecule has 0 spiro atoms. The number of rotatable bonds is 5. The zero-order chi connectivity index (χ0) is 20.4. The van der Waals surface area contributed by atoms with Gasteiger partial charge in [0, 0.05) is 11.1 Å². The van der Waals surface area contributed by atoms with E-state index in [0.29, 0.717) is 24.0 Å². The maximum absolute atomic E-state index is 6.09. The average Bonchev–Trinajstić information content (AvgIpc) is 2.73. The Labute approximate surface area is 170 Å². The maximum Gasteiger partial charge on any atom is 0.165 e. The van der Waals surface area contributed by atoms with Crippen LogP contribution in [0.15, 0.2) is 60.9 Å². The average molecular weight is 384 g/mol. The fraction of sp³-hybridized carbons (Fsp3) is 0.208. The van der Waals surface area contributed by atoms with E-state index in [2.05, 4.69) is 55.0 Å². The Morgan fingerprint density at radius 3 is 2.31 bits per heavy atom. The van der Waals surface area contributed by atoms with Gasteiger partial charge in [0.25, 0.3) is 0 Å². The van der Waals surface area contributed by atoms with Crippen molar-refractivity contribution in [3.8, 4) is 28.1 Å². The molecule has 0 aliphatic heterocycles. The number of hydrogen-bond donors (Lipinski definition) is 1. The van der Waals surface area contributed by atoms with Crippen LogP contribution in [0.5, 0.6) is 5.75 Å². The summed E-state index contributed by atoms with van der Waals surface area (Å²) in [5, 5.41) is 0.753. The van der Waals surface area contributed by atoms with Crippen LogP contribution in [0, 0.1) is 12.8 Å². The first kappa shape index (κ1) is 18.9. The van der Waals surface area contributed by atoms with E-state index >= 15 is 0 Å². The lowest BCUT2D eigenvalue weighted by molar-refractivity contribution is 0.271. The molecule has 0 amide bonds. The van der Waals surface area contributed by atoms with Gasteiger partial charge in [0.2, 0.25) is 0 Å². The lowest BCUT2D eigenvalue weighted by atomic mass is 9.97. The van der Waals surface area contributed by atoms with Crippen molar-refractivity contribution in [3.05, 3.63) is 66.5 Å². The molecular weight excluding hydrogens is 360 g/mol. The summed E-state index contributed by atoms with van der Waals surface area (Å²) >= 11 is 0. The predicted octanol–water partition coefficient (Wildman–Crippen LogP) is 5.28. The summed E-state index contributed by atoms with van der Waals surface area (Å²) in [6, 6.07) is 18.4. The molecule has 0 aliphatic rings. The van der Waals surface area contributed by atoms with Gasteiger partial charge in [-0.05, 0) is 48.7 Å². The molecule has 4 aromatic rings. The van der Waals surface area contributed by atoms with E-state index in [4.69, 9.17) is 15.5 Å². The smallest absolute Gasteiger partial charge is 0.165 e. The number of aryl methyl sites for hydroxylation is 1. The van der Waals surface area contributed by atoms with E-state index in [1.54, 1.807) is 0 Å². The van der Waals surface area contributed by atoms with E-state index in [1.807, 2.05) is 30.3 Å². The Bertz CT molecular complexity index is 1140. The van der Waals surface area contributed by atoms with Crippen LogP contribution >= 0.6 is 0 Å². The summed E-state index contributed by atoms with van der Waals surface area (Å²) in [6.45, 7) is 7.03. The van der Waals surface area contributed by atoms with Crippen LogP contribution in [0.2, 0.25) is 0 Å². The Kier molecular flexibility index (Phi) is 5.12. The Hall–Kier alpha value is -3.47. The summed E-state index contributed by atoms with van der Waals surface area (Å²) in [4.78, 5) is 13.3. The van der Waals surface area contributed by atoms with Crippen molar-refractivity contribution in [2.75, 3.05) is 12.3 Å². The van der Waals surface area contributed by atoms with Gasteiger partial charge in [-0.25, -0.2) is 15.0 Å². The minimum atomic E-state index is 0.430. The van der Waals surface area contributed by atoms with Crippen LogP contribution in [0.3, 0.4) is 0 Å². The number of nitrogen functional groups attached to an aromatic ring is 1. The van der Waals surface area contributed by atoms with Crippen LogP contribution in [-0.2, 0) is 0 Å². The van der Waals surface area contributed by atoms with Crippen LogP contribution in [0.1, 0.15) is 19.4 Å². The highest BCUT2D eigenvalue weighted by molar-refractivity contribution is 5.94. The molecule has 5 nitrogen and oxygen atoms in total. The Balaban J connectivity index is 1.83. The summed E-state index contributed by atoms with van der Waals surface area (Å²) in [5.74, 6) is 1.77. The van der Waals surface area contributed by atoms with E-state index in [9.17, 15) is 0 Å². The van der Waals surface area contributed by atoms with Crippen molar-refractivity contribution < 1.29 is 4.74 Å². The largest absolute Gasteiger partial charge is 0.493 e. The zero-order valence-electron chi connectivity index (χ0n) is 16.9. The number of nitrogens with zero attached hydrogens (tertiary/aromatic N) is 3. The summed E-state index contributed by atoms with van der Waals surface area (Å²) in [5.41, 5.74) is 11.8. The van der Waals surface area contributed by atoms with Crippen LogP contribution < -0.4 is 10.5 Å². The highest BCUT2D eigenvalue weighted by Crippen LogP contribution is 2.34. The quantitative estimate of drug-likeness (QED) is 0.506. The van der Waals surface area contributed by atoms with Crippen molar-refractivity contribution in [1.29, 1.82) is 0 Å². The second-order valence-electron chi connectivity index (χ2n) is 7.61. The molecule has 2 aromatic carbocycles. The molecule has 0 fully saturated rings. The molecular formula is C24H24N4O. The van der Waals surface area contributed by atoms with E-state index < -0.39 is 0 Å². The van der Waals surface area contributed by atoms with Gasteiger partial charge in [0.15, 0.2) is 5.65 Å². The van der Waals surface area contributed by atoms with Gasteiger partial charge >= 0.3 is 0 Å². The Morgan fingerprint density at radius 1 is 0.931 bits per heavy atom. The number of aromatic nitrogens is 3. The van der Waals surface area contributed by atoms with Gasteiger partial charge in [-0.2, -0.15) is 0 Å². The van der Waals surface area contributed by atoms with Crippen molar-refractivity contribution in [2.24, 2.45) is 5.92 Å². The second kappa shape index (κ2) is 7.87. The molecule has 4 rings (SSSR count). The fourth-order valence-electron chi connectivity index (χ4n) is 3.15. The Morgan fingerprint density at radius 2 is 1.62 bits per heavy atom. The summed E-state index contributed by atoms with van der Waals surface area (Å²) in [7, 11) is 0. The molecule has 2 N–H and O–H groups in total. The predicted molar refractivity (Wildman–Crippen MR) is 118 cm³/mol. The van der Waals surface area contributed by atoms with Crippen LogP contribution in [0.25, 0.3) is 33.4 Å². The molecule has 5 heteroatoms. The minimum absolute atomic E-state index is 0.430. The first-order valence-corrected chi connectivity index (χ1v) is 9.73. The molecule has 0 bridgehead atoms. The molecule has 0 saturated heterocycles. The number of fused-ring (bicyclic) bond motifs is 1. The number of nitrogens with two attached hydrogens (primary N) is 1. The van der Waals surface area contributed by atoms with Crippen molar-refractivity contribution in [3.63, 3.8) is 0 Å².